The molecule has 6 heteroatoms. The molecule has 98 valence electrons. The van der Waals surface area contributed by atoms with Crippen molar-refractivity contribution in [2.45, 2.75) is 39.2 Å². The number of carboxylic acid groups (broad SMARTS) is 1. The summed E-state index contributed by atoms with van der Waals surface area (Å²) in [5.41, 5.74) is -0.399. The highest BCUT2D eigenvalue weighted by atomic mass is 32.1. The second-order valence-electron chi connectivity index (χ2n) is 4.79. The van der Waals surface area contributed by atoms with Gasteiger partial charge in [0.05, 0.1) is 10.7 Å². The Bertz CT molecular complexity index is 511. The van der Waals surface area contributed by atoms with Crippen LogP contribution in [-0.4, -0.2) is 39.0 Å². The van der Waals surface area contributed by atoms with Gasteiger partial charge in [0.2, 0.25) is 0 Å². The Balaban J connectivity index is 2.34. The van der Waals surface area contributed by atoms with Gasteiger partial charge in [-0.25, -0.2) is 9.78 Å². The van der Waals surface area contributed by atoms with Gasteiger partial charge in [0.25, 0.3) is 5.91 Å². The SMILES string of the molecule is Cc1nc(C)c(C(=O)N2CCCC2(C)C(=O)O)s1. The Kier molecular flexibility index (Phi) is 3.14. The van der Waals surface area contributed by atoms with Crippen molar-refractivity contribution >= 4 is 23.2 Å². The van der Waals surface area contributed by atoms with Gasteiger partial charge in [0.15, 0.2) is 0 Å². The molecule has 1 amide bonds. The zero-order valence-corrected chi connectivity index (χ0v) is 11.5. The van der Waals surface area contributed by atoms with E-state index in [9.17, 15) is 14.7 Å². The smallest absolute Gasteiger partial charge is 0.329 e. The summed E-state index contributed by atoms with van der Waals surface area (Å²) >= 11 is 1.33. The summed E-state index contributed by atoms with van der Waals surface area (Å²) in [7, 11) is 0. The van der Waals surface area contributed by atoms with Crippen molar-refractivity contribution in [2.24, 2.45) is 0 Å². The van der Waals surface area contributed by atoms with E-state index in [4.69, 9.17) is 0 Å². The van der Waals surface area contributed by atoms with Crippen molar-refractivity contribution in [1.82, 2.24) is 9.88 Å². The van der Waals surface area contributed by atoms with E-state index in [1.807, 2.05) is 6.92 Å². The summed E-state index contributed by atoms with van der Waals surface area (Å²) in [5, 5.41) is 10.1. The minimum atomic E-state index is -1.08. The van der Waals surface area contributed by atoms with Gasteiger partial charge in [0, 0.05) is 6.54 Å². The molecule has 1 aromatic heterocycles. The number of likely N-dealkylation sites (tertiary alicyclic amines) is 1. The minimum absolute atomic E-state index is 0.208. The lowest BCUT2D eigenvalue weighted by Crippen LogP contribution is -2.50. The number of amides is 1. The van der Waals surface area contributed by atoms with Crippen LogP contribution in [0.5, 0.6) is 0 Å². The maximum atomic E-state index is 12.4. The molecule has 1 atom stereocenters. The second-order valence-corrected chi connectivity index (χ2v) is 5.99. The van der Waals surface area contributed by atoms with Crippen molar-refractivity contribution in [3.05, 3.63) is 15.6 Å². The summed E-state index contributed by atoms with van der Waals surface area (Å²) in [6, 6.07) is 0. The molecule has 1 fully saturated rings. The lowest BCUT2D eigenvalue weighted by atomic mass is 9.99. The van der Waals surface area contributed by atoms with E-state index in [2.05, 4.69) is 4.98 Å². The first kappa shape index (κ1) is 13.0. The van der Waals surface area contributed by atoms with Gasteiger partial charge < -0.3 is 10.0 Å². The molecule has 0 aromatic carbocycles. The molecule has 0 spiro atoms. The zero-order valence-electron chi connectivity index (χ0n) is 10.7. The molecule has 1 saturated heterocycles. The summed E-state index contributed by atoms with van der Waals surface area (Å²) < 4.78 is 0. The van der Waals surface area contributed by atoms with Crippen LogP contribution in [0.3, 0.4) is 0 Å². The topological polar surface area (TPSA) is 70.5 Å². The van der Waals surface area contributed by atoms with Crippen LogP contribution >= 0.6 is 11.3 Å². The summed E-state index contributed by atoms with van der Waals surface area (Å²) in [4.78, 5) is 30.0. The maximum Gasteiger partial charge on any atom is 0.329 e. The van der Waals surface area contributed by atoms with Crippen LogP contribution in [0.1, 0.15) is 40.1 Å². The molecule has 0 radical (unpaired) electrons. The van der Waals surface area contributed by atoms with Gasteiger partial charge in [-0.3, -0.25) is 4.79 Å². The lowest BCUT2D eigenvalue weighted by Gasteiger charge is -2.30. The predicted octanol–water partition coefficient (Wildman–Crippen LogP) is 1.84. The minimum Gasteiger partial charge on any atom is -0.480 e. The normalized spacial score (nSPS) is 23.4. The number of aromatic nitrogens is 1. The van der Waals surface area contributed by atoms with Gasteiger partial charge in [-0.05, 0) is 33.6 Å². The van der Waals surface area contributed by atoms with Gasteiger partial charge in [-0.1, -0.05) is 0 Å². The van der Waals surface area contributed by atoms with E-state index >= 15 is 0 Å². The third-order valence-corrected chi connectivity index (χ3v) is 4.51. The third kappa shape index (κ3) is 1.90. The quantitative estimate of drug-likeness (QED) is 0.888. The molecule has 1 aromatic rings. The molecule has 1 aliphatic rings. The number of carbonyl (C=O) groups is 2. The van der Waals surface area contributed by atoms with Crippen molar-refractivity contribution < 1.29 is 14.7 Å². The van der Waals surface area contributed by atoms with Crippen LogP contribution in [0.15, 0.2) is 0 Å². The fraction of sp³-hybridized carbons (Fsp3) is 0.583. The molecular weight excluding hydrogens is 252 g/mol. The molecule has 0 aliphatic carbocycles. The molecule has 2 rings (SSSR count). The highest BCUT2D eigenvalue weighted by Crippen LogP contribution is 2.32. The maximum absolute atomic E-state index is 12.4. The average Bonchev–Trinajstić information content (AvgIpc) is 2.82. The highest BCUT2D eigenvalue weighted by Gasteiger charge is 2.46. The molecule has 18 heavy (non-hydrogen) atoms. The van der Waals surface area contributed by atoms with Gasteiger partial charge >= 0.3 is 5.97 Å². The lowest BCUT2D eigenvalue weighted by molar-refractivity contribution is -0.147. The molecule has 1 N–H and O–H groups in total. The number of carbonyl (C=O) groups excluding carboxylic acids is 1. The standard InChI is InChI=1S/C12H16N2O3S/c1-7-9(18-8(2)13-7)10(15)14-6-4-5-12(14,3)11(16)17/h4-6H2,1-3H3,(H,16,17). The summed E-state index contributed by atoms with van der Waals surface area (Å²) in [6.45, 7) is 5.74. The first-order chi connectivity index (χ1) is 8.36. The summed E-state index contributed by atoms with van der Waals surface area (Å²) in [5.74, 6) is -1.15. The van der Waals surface area contributed by atoms with E-state index in [1.165, 1.54) is 16.2 Å². The van der Waals surface area contributed by atoms with Crippen molar-refractivity contribution in [2.75, 3.05) is 6.54 Å². The fourth-order valence-corrected chi connectivity index (χ4v) is 3.23. The Labute approximate surface area is 109 Å². The number of hydrogen-bond donors (Lipinski definition) is 1. The molecule has 5 nitrogen and oxygen atoms in total. The van der Waals surface area contributed by atoms with Crippen molar-refractivity contribution in [3.63, 3.8) is 0 Å². The number of carboxylic acids is 1. The number of aliphatic carboxylic acids is 1. The molecule has 2 heterocycles. The van der Waals surface area contributed by atoms with Crippen LogP contribution in [0.25, 0.3) is 0 Å². The largest absolute Gasteiger partial charge is 0.480 e. The average molecular weight is 268 g/mol. The molecule has 1 aliphatic heterocycles. The Morgan fingerprint density at radius 1 is 1.44 bits per heavy atom. The number of aryl methyl sites for hydroxylation is 2. The number of hydrogen-bond acceptors (Lipinski definition) is 4. The number of nitrogens with zero attached hydrogens (tertiary/aromatic N) is 2. The molecule has 0 saturated carbocycles. The molecule has 0 bridgehead atoms. The fourth-order valence-electron chi connectivity index (χ4n) is 2.36. The van der Waals surface area contributed by atoms with Gasteiger partial charge in [0.1, 0.15) is 10.4 Å². The van der Waals surface area contributed by atoms with E-state index < -0.39 is 11.5 Å². The van der Waals surface area contributed by atoms with E-state index in [1.54, 1.807) is 13.8 Å². The zero-order chi connectivity index (χ0) is 13.5. The van der Waals surface area contributed by atoms with Crippen molar-refractivity contribution in [3.8, 4) is 0 Å². The monoisotopic (exact) mass is 268 g/mol. The summed E-state index contributed by atoms with van der Waals surface area (Å²) in [6.07, 6.45) is 1.23. The van der Waals surface area contributed by atoms with Gasteiger partial charge in [-0.2, -0.15) is 0 Å². The van der Waals surface area contributed by atoms with E-state index in [0.29, 0.717) is 23.5 Å². The molecular formula is C12H16N2O3S. The first-order valence-electron chi connectivity index (χ1n) is 5.85. The van der Waals surface area contributed by atoms with Crippen LogP contribution in [-0.2, 0) is 4.79 Å². The van der Waals surface area contributed by atoms with Crippen LogP contribution in [0.4, 0.5) is 0 Å². The number of thiazole rings is 1. The van der Waals surface area contributed by atoms with E-state index in [-0.39, 0.29) is 5.91 Å². The Hall–Kier alpha value is -1.43. The molecule has 1 unspecified atom stereocenters. The first-order valence-corrected chi connectivity index (χ1v) is 6.67. The predicted molar refractivity (Wildman–Crippen MR) is 67.9 cm³/mol. The van der Waals surface area contributed by atoms with Crippen LogP contribution in [0, 0.1) is 13.8 Å². The second kappa shape index (κ2) is 4.35. The Morgan fingerprint density at radius 2 is 2.11 bits per heavy atom. The Morgan fingerprint density at radius 3 is 2.61 bits per heavy atom. The number of rotatable bonds is 2. The highest BCUT2D eigenvalue weighted by molar-refractivity contribution is 7.13. The van der Waals surface area contributed by atoms with Crippen LogP contribution < -0.4 is 0 Å². The van der Waals surface area contributed by atoms with Crippen LogP contribution in [0.2, 0.25) is 0 Å². The van der Waals surface area contributed by atoms with Gasteiger partial charge in [-0.15, -0.1) is 11.3 Å². The third-order valence-electron chi connectivity index (χ3n) is 3.44. The van der Waals surface area contributed by atoms with Crippen molar-refractivity contribution in [1.29, 1.82) is 0 Å². The van der Waals surface area contributed by atoms with E-state index in [0.717, 1.165) is 11.4 Å².